The summed E-state index contributed by atoms with van der Waals surface area (Å²) in [5.41, 5.74) is 3.21. The van der Waals surface area contributed by atoms with Crippen molar-refractivity contribution >= 4 is 0 Å². The Kier molecular flexibility index (Phi) is 4.96. The monoisotopic (exact) mass is 322 g/mol. The lowest BCUT2D eigenvalue weighted by molar-refractivity contribution is 0.313. The Hall–Kier alpha value is -2.59. The molecule has 0 saturated heterocycles. The molecule has 0 bridgehead atoms. The van der Waals surface area contributed by atoms with Crippen molar-refractivity contribution in [2.45, 2.75) is 20.0 Å². The number of oxazole rings is 1. The van der Waals surface area contributed by atoms with E-state index in [0.717, 1.165) is 35.9 Å². The molecule has 0 atom stereocenters. The lowest BCUT2D eigenvalue weighted by atomic mass is 10.2. The van der Waals surface area contributed by atoms with Gasteiger partial charge in [0.15, 0.2) is 0 Å². The molecule has 0 amide bonds. The maximum atomic E-state index is 5.85. The molecule has 0 spiro atoms. The molecule has 4 heteroatoms. The standard InChI is InChI=1S/C20H22N2O2/c1-15-19(14-22(2)13-16-7-5-4-6-8-16)21-20(24-15)17-9-11-18(23-3)12-10-17/h4-12H,13-14H2,1-3H3. The normalized spacial score (nSPS) is 11.0. The van der Waals surface area contributed by atoms with E-state index < -0.39 is 0 Å². The molecule has 124 valence electrons. The van der Waals surface area contributed by atoms with Crippen molar-refractivity contribution in [2.75, 3.05) is 14.2 Å². The van der Waals surface area contributed by atoms with Gasteiger partial charge in [0, 0.05) is 18.7 Å². The highest BCUT2D eigenvalue weighted by molar-refractivity contribution is 5.55. The van der Waals surface area contributed by atoms with Crippen LogP contribution in [0.5, 0.6) is 5.75 Å². The van der Waals surface area contributed by atoms with Crippen molar-refractivity contribution in [3.8, 4) is 17.2 Å². The van der Waals surface area contributed by atoms with Crippen molar-refractivity contribution in [1.82, 2.24) is 9.88 Å². The lowest BCUT2D eigenvalue weighted by Crippen LogP contribution is -2.17. The molecular formula is C20H22N2O2. The van der Waals surface area contributed by atoms with Gasteiger partial charge in [0.1, 0.15) is 11.5 Å². The van der Waals surface area contributed by atoms with Crippen LogP contribution in [0.1, 0.15) is 17.0 Å². The van der Waals surface area contributed by atoms with Gasteiger partial charge in [-0.05, 0) is 43.8 Å². The van der Waals surface area contributed by atoms with Crippen molar-refractivity contribution in [2.24, 2.45) is 0 Å². The number of rotatable bonds is 6. The first-order valence-electron chi connectivity index (χ1n) is 7.99. The maximum absolute atomic E-state index is 5.85. The SMILES string of the molecule is COc1ccc(-c2nc(CN(C)Cc3ccccc3)c(C)o2)cc1. The second-order valence-corrected chi connectivity index (χ2v) is 5.91. The molecule has 0 unspecified atom stereocenters. The first-order valence-corrected chi connectivity index (χ1v) is 7.99. The molecule has 0 fully saturated rings. The Balaban J connectivity index is 1.71. The van der Waals surface area contributed by atoms with E-state index in [1.54, 1.807) is 7.11 Å². The summed E-state index contributed by atoms with van der Waals surface area (Å²) in [6.45, 7) is 3.59. The number of aromatic nitrogens is 1. The fourth-order valence-corrected chi connectivity index (χ4v) is 2.64. The molecule has 0 aliphatic rings. The topological polar surface area (TPSA) is 38.5 Å². The number of nitrogens with zero attached hydrogens (tertiary/aromatic N) is 2. The number of hydrogen-bond acceptors (Lipinski definition) is 4. The zero-order valence-corrected chi connectivity index (χ0v) is 14.3. The highest BCUT2D eigenvalue weighted by atomic mass is 16.5. The first kappa shape index (κ1) is 16.3. The molecular weight excluding hydrogens is 300 g/mol. The van der Waals surface area contributed by atoms with Crippen LogP contribution in [0, 0.1) is 6.92 Å². The van der Waals surface area contributed by atoms with E-state index in [1.807, 2.05) is 37.3 Å². The van der Waals surface area contributed by atoms with E-state index in [2.05, 4.69) is 41.2 Å². The third-order valence-corrected chi connectivity index (χ3v) is 3.94. The van der Waals surface area contributed by atoms with Gasteiger partial charge in [-0.2, -0.15) is 0 Å². The zero-order valence-electron chi connectivity index (χ0n) is 14.3. The summed E-state index contributed by atoms with van der Waals surface area (Å²) in [6, 6.07) is 18.2. The fraction of sp³-hybridized carbons (Fsp3) is 0.250. The first-order chi connectivity index (χ1) is 11.7. The molecule has 0 saturated carbocycles. The largest absolute Gasteiger partial charge is 0.497 e. The third kappa shape index (κ3) is 3.84. The summed E-state index contributed by atoms with van der Waals surface area (Å²) in [4.78, 5) is 6.90. The summed E-state index contributed by atoms with van der Waals surface area (Å²) in [6.07, 6.45) is 0. The van der Waals surface area contributed by atoms with Gasteiger partial charge in [-0.1, -0.05) is 30.3 Å². The summed E-state index contributed by atoms with van der Waals surface area (Å²) >= 11 is 0. The van der Waals surface area contributed by atoms with Crippen LogP contribution >= 0.6 is 0 Å². The van der Waals surface area contributed by atoms with E-state index in [9.17, 15) is 0 Å². The summed E-state index contributed by atoms with van der Waals surface area (Å²) in [7, 11) is 3.75. The summed E-state index contributed by atoms with van der Waals surface area (Å²) in [5, 5.41) is 0. The van der Waals surface area contributed by atoms with Gasteiger partial charge < -0.3 is 9.15 Å². The van der Waals surface area contributed by atoms with Crippen LogP contribution in [-0.2, 0) is 13.1 Å². The predicted molar refractivity (Wildman–Crippen MR) is 94.8 cm³/mol. The Bertz CT molecular complexity index is 779. The predicted octanol–water partition coefficient (Wildman–Crippen LogP) is 4.29. The van der Waals surface area contributed by atoms with Gasteiger partial charge in [0.25, 0.3) is 0 Å². The van der Waals surface area contributed by atoms with E-state index >= 15 is 0 Å². The molecule has 24 heavy (non-hydrogen) atoms. The van der Waals surface area contributed by atoms with E-state index in [1.165, 1.54) is 5.56 Å². The molecule has 3 aromatic rings. The molecule has 3 rings (SSSR count). The molecule has 0 aliphatic carbocycles. The molecule has 2 aromatic carbocycles. The van der Waals surface area contributed by atoms with Crippen LogP contribution in [0.15, 0.2) is 59.0 Å². The molecule has 1 aromatic heterocycles. The third-order valence-electron chi connectivity index (χ3n) is 3.94. The van der Waals surface area contributed by atoms with Crippen LogP contribution in [-0.4, -0.2) is 24.0 Å². The Labute approximate surface area is 142 Å². The van der Waals surface area contributed by atoms with Crippen LogP contribution in [0.3, 0.4) is 0 Å². The van der Waals surface area contributed by atoms with Crippen LogP contribution in [0.25, 0.3) is 11.5 Å². The second kappa shape index (κ2) is 7.32. The van der Waals surface area contributed by atoms with Crippen molar-refractivity contribution in [1.29, 1.82) is 0 Å². The van der Waals surface area contributed by atoms with Crippen molar-refractivity contribution in [3.63, 3.8) is 0 Å². The average molecular weight is 322 g/mol. The highest BCUT2D eigenvalue weighted by Crippen LogP contribution is 2.24. The second-order valence-electron chi connectivity index (χ2n) is 5.91. The lowest BCUT2D eigenvalue weighted by Gasteiger charge is -2.15. The number of benzene rings is 2. The fourth-order valence-electron chi connectivity index (χ4n) is 2.64. The van der Waals surface area contributed by atoms with Crippen LogP contribution in [0.4, 0.5) is 0 Å². The Morgan fingerprint density at radius 2 is 1.71 bits per heavy atom. The van der Waals surface area contributed by atoms with Gasteiger partial charge in [0.2, 0.25) is 5.89 Å². The van der Waals surface area contributed by atoms with Gasteiger partial charge >= 0.3 is 0 Å². The van der Waals surface area contributed by atoms with Gasteiger partial charge in [-0.3, -0.25) is 4.90 Å². The van der Waals surface area contributed by atoms with Gasteiger partial charge in [-0.15, -0.1) is 0 Å². The molecule has 0 aliphatic heterocycles. The Morgan fingerprint density at radius 1 is 1.00 bits per heavy atom. The van der Waals surface area contributed by atoms with E-state index in [-0.39, 0.29) is 0 Å². The van der Waals surface area contributed by atoms with E-state index in [0.29, 0.717) is 5.89 Å². The minimum atomic E-state index is 0.651. The van der Waals surface area contributed by atoms with Crippen molar-refractivity contribution < 1.29 is 9.15 Å². The Morgan fingerprint density at radius 3 is 2.38 bits per heavy atom. The molecule has 4 nitrogen and oxygen atoms in total. The maximum Gasteiger partial charge on any atom is 0.226 e. The minimum Gasteiger partial charge on any atom is -0.497 e. The smallest absolute Gasteiger partial charge is 0.226 e. The average Bonchev–Trinajstić information content (AvgIpc) is 2.96. The van der Waals surface area contributed by atoms with Gasteiger partial charge in [0.05, 0.1) is 12.8 Å². The summed E-state index contributed by atoms with van der Waals surface area (Å²) < 4.78 is 11.0. The zero-order chi connectivity index (χ0) is 16.9. The highest BCUT2D eigenvalue weighted by Gasteiger charge is 2.13. The van der Waals surface area contributed by atoms with Crippen LogP contribution < -0.4 is 4.74 Å². The summed E-state index contributed by atoms with van der Waals surface area (Å²) in [5.74, 6) is 2.34. The van der Waals surface area contributed by atoms with Crippen molar-refractivity contribution in [3.05, 3.63) is 71.6 Å². The quantitative estimate of drug-likeness (QED) is 0.678. The number of aryl methyl sites for hydroxylation is 1. The van der Waals surface area contributed by atoms with Gasteiger partial charge in [-0.25, -0.2) is 4.98 Å². The number of ether oxygens (including phenoxy) is 1. The number of methoxy groups -OCH3 is 1. The molecule has 0 radical (unpaired) electrons. The molecule has 1 heterocycles. The number of hydrogen-bond donors (Lipinski definition) is 0. The van der Waals surface area contributed by atoms with Crippen LogP contribution in [0.2, 0.25) is 0 Å². The minimum absolute atomic E-state index is 0.651. The van der Waals surface area contributed by atoms with E-state index in [4.69, 9.17) is 9.15 Å². The molecule has 0 N–H and O–H groups in total.